The quantitative estimate of drug-likeness (QED) is 0.904. The van der Waals surface area contributed by atoms with Crippen molar-refractivity contribution in [3.05, 3.63) is 58.6 Å². The Bertz CT molecular complexity index is 781. The van der Waals surface area contributed by atoms with E-state index in [2.05, 4.69) is 0 Å². The van der Waals surface area contributed by atoms with Crippen LogP contribution in [0.15, 0.2) is 41.3 Å². The van der Waals surface area contributed by atoms with Crippen molar-refractivity contribution in [3.8, 4) is 0 Å². The maximum absolute atomic E-state index is 13.8. The van der Waals surface area contributed by atoms with E-state index in [1.54, 1.807) is 0 Å². The monoisotopic (exact) mass is 333 g/mol. The van der Waals surface area contributed by atoms with Crippen LogP contribution in [0.25, 0.3) is 0 Å². The summed E-state index contributed by atoms with van der Waals surface area (Å²) in [5.74, 6) is -1.99. The van der Waals surface area contributed by atoms with Gasteiger partial charge in [0.25, 0.3) is 10.0 Å². The molecule has 0 aliphatic rings. The molecular weight excluding hydrogens is 324 g/mol. The summed E-state index contributed by atoms with van der Waals surface area (Å²) in [4.78, 5) is -0.654. The van der Waals surface area contributed by atoms with Gasteiger partial charge in [0.05, 0.1) is 17.3 Å². The Kier molecular flexibility index (Phi) is 4.46. The molecule has 0 bridgehead atoms. The third-order valence-corrected chi connectivity index (χ3v) is 4.35. The normalized spacial score (nSPS) is 11.4. The van der Waals surface area contributed by atoms with E-state index < -0.39 is 33.2 Å². The standard InChI is InChI=1S/C13H10ClF2NO3S/c14-9-2-1-3-11(13(9)16)17-21(19,20)12-5-4-8(7-18)6-10(12)15/h1-6,17-18H,7H2. The summed E-state index contributed by atoms with van der Waals surface area (Å²) in [7, 11) is -4.31. The van der Waals surface area contributed by atoms with Gasteiger partial charge in [-0.15, -0.1) is 0 Å². The number of benzene rings is 2. The van der Waals surface area contributed by atoms with Crippen LogP contribution in [-0.4, -0.2) is 13.5 Å². The second kappa shape index (κ2) is 5.97. The Morgan fingerprint density at radius 1 is 1.19 bits per heavy atom. The van der Waals surface area contributed by atoms with E-state index in [1.165, 1.54) is 24.3 Å². The second-order valence-corrected chi connectivity index (χ2v) is 6.19. The van der Waals surface area contributed by atoms with E-state index >= 15 is 0 Å². The average Bonchev–Trinajstić information content (AvgIpc) is 2.43. The number of sulfonamides is 1. The molecule has 8 heteroatoms. The summed E-state index contributed by atoms with van der Waals surface area (Å²) in [5, 5.41) is 8.60. The topological polar surface area (TPSA) is 66.4 Å². The Hall–Kier alpha value is -1.70. The largest absolute Gasteiger partial charge is 0.392 e. The van der Waals surface area contributed by atoms with Crippen LogP contribution >= 0.6 is 11.6 Å². The Morgan fingerprint density at radius 3 is 2.52 bits per heavy atom. The van der Waals surface area contributed by atoms with Crippen molar-refractivity contribution in [3.63, 3.8) is 0 Å². The van der Waals surface area contributed by atoms with Crippen molar-refractivity contribution < 1.29 is 22.3 Å². The molecule has 0 fully saturated rings. The van der Waals surface area contributed by atoms with Gasteiger partial charge in [0, 0.05) is 0 Å². The van der Waals surface area contributed by atoms with Gasteiger partial charge in [0.15, 0.2) is 5.82 Å². The van der Waals surface area contributed by atoms with Gasteiger partial charge in [0.2, 0.25) is 0 Å². The molecule has 0 aliphatic heterocycles. The first-order valence-corrected chi connectivity index (χ1v) is 7.57. The van der Waals surface area contributed by atoms with E-state index in [4.69, 9.17) is 16.7 Å². The Balaban J connectivity index is 2.41. The van der Waals surface area contributed by atoms with Crippen LogP contribution in [-0.2, 0) is 16.6 Å². The number of halogens is 3. The highest BCUT2D eigenvalue weighted by Gasteiger charge is 2.21. The van der Waals surface area contributed by atoms with Crippen LogP contribution in [0.4, 0.5) is 14.5 Å². The highest BCUT2D eigenvalue weighted by atomic mass is 35.5. The van der Waals surface area contributed by atoms with Gasteiger partial charge in [-0.25, -0.2) is 17.2 Å². The van der Waals surface area contributed by atoms with Crippen molar-refractivity contribution in [1.29, 1.82) is 0 Å². The molecule has 0 atom stereocenters. The number of aliphatic hydroxyl groups excluding tert-OH is 1. The van der Waals surface area contributed by atoms with E-state index in [1.807, 2.05) is 4.72 Å². The van der Waals surface area contributed by atoms with Gasteiger partial charge in [-0.2, -0.15) is 0 Å². The molecule has 2 aromatic rings. The molecule has 0 spiro atoms. The maximum atomic E-state index is 13.8. The fraction of sp³-hybridized carbons (Fsp3) is 0.0769. The van der Waals surface area contributed by atoms with Gasteiger partial charge in [0.1, 0.15) is 10.7 Å². The third-order valence-electron chi connectivity index (χ3n) is 2.66. The molecule has 0 saturated heterocycles. The van der Waals surface area contributed by atoms with Crippen LogP contribution < -0.4 is 4.72 Å². The highest BCUT2D eigenvalue weighted by molar-refractivity contribution is 7.92. The zero-order valence-electron chi connectivity index (χ0n) is 10.5. The number of rotatable bonds is 4. The first-order chi connectivity index (χ1) is 9.85. The third kappa shape index (κ3) is 3.31. The summed E-state index contributed by atoms with van der Waals surface area (Å²) in [6.45, 7) is -0.423. The molecule has 2 N–H and O–H groups in total. The number of anilines is 1. The zero-order chi connectivity index (χ0) is 15.6. The predicted octanol–water partition coefficient (Wildman–Crippen LogP) is 2.91. The molecular formula is C13H10ClF2NO3S. The van der Waals surface area contributed by atoms with Crippen LogP contribution in [0.5, 0.6) is 0 Å². The minimum Gasteiger partial charge on any atom is -0.392 e. The molecule has 0 heterocycles. The van der Waals surface area contributed by atoms with Gasteiger partial charge in [-0.1, -0.05) is 23.7 Å². The van der Waals surface area contributed by atoms with Gasteiger partial charge >= 0.3 is 0 Å². The minimum atomic E-state index is -4.31. The van der Waals surface area contributed by atoms with E-state index in [0.717, 1.165) is 12.1 Å². The molecule has 0 aliphatic carbocycles. The lowest BCUT2D eigenvalue weighted by Crippen LogP contribution is -2.15. The molecule has 112 valence electrons. The van der Waals surface area contributed by atoms with Crippen molar-refractivity contribution in [2.24, 2.45) is 0 Å². The summed E-state index contributed by atoms with van der Waals surface area (Å²) >= 11 is 5.55. The van der Waals surface area contributed by atoms with Crippen LogP contribution in [0, 0.1) is 11.6 Å². The molecule has 0 saturated carbocycles. The molecule has 0 aromatic heterocycles. The minimum absolute atomic E-state index is 0.223. The number of aliphatic hydroxyl groups is 1. The molecule has 2 rings (SSSR count). The average molecular weight is 334 g/mol. The predicted molar refractivity (Wildman–Crippen MR) is 74.5 cm³/mol. The molecule has 2 aromatic carbocycles. The highest BCUT2D eigenvalue weighted by Crippen LogP contribution is 2.25. The Morgan fingerprint density at radius 2 is 1.90 bits per heavy atom. The lowest BCUT2D eigenvalue weighted by atomic mass is 10.2. The zero-order valence-corrected chi connectivity index (χ0v) is 12.0. The fourth-order valence-corrected chi connectivity index (χ4v) is 2.94. The van der Waals surface area contributed by atoms with E-state index in [0.29, 0.717) is 0 Å². The summed E-state index contributed by atoms with van der Waals surface area (Å²) < 4.78 is 53.5. The smallest absolute Gasteiger partial charge is 0.264 e. The first kappa shape index (κ1) is 15.7. The molecule has 0 unspecified atom stereocenters. The lowest BCUT2D eigenvalue weighted by Gasteiger charge is -2.10. The SMILES string of the molecule is O=S(=O)(Nc1cccc(Cl)c1F)c1ccc(CO)cc1F. The number of hydrogen-bond donors (Lipinski definition) is 2. The van der Waals surface area contributed by atoms with Crippen LogP contribution in [0.3, 0.4) is 0 Å². The van der Waals surface area contributed by atoms with E-state index in [-0.39, 0.29) is 16.3 Å². The number of nitrogens with one attached hydrogen (secondary N) is 1. The van der Waals surface area contributed by atoms with Crippen molar-refractivity contribution in [1.82, 2.24) is 0 Å². The summed E-state index contributed by atoms with van der Waals surface area (Å²) in [6, 6.07) is 6.92. The molecule has 21 heavy (non-hydrogen) atoms. The molecule has 0 radical (unpaired) electrons. The molecule has 4 nitrogen and oxygen atoms in total. The number of hydrogen-bond acceptors (Lipinski definition) is 3. The van der Waals surface area contributed by atoms with E-state index in [9.17, 15) is 17.2 Å². The summed E-state index contributed by atoms with van der Waals surface area (Å²) in [6.07, 6.45) is 0. The fourth-order valence-electron chi connectivity index (χ4n) is 1.64. The maximum Gasteiger partial charge on any atom is 0.264 e. The van der Waals surface area contributed by atoms with Crippen LogP contribution in [0.2, 0.25) is 5.02 Å². The Labute approximate surface area is 125 Å². The first-order valence-electron chi connectivity index (χ1n) is 5.71. The van der Waals surface area contributed by atoms with Crippen molar-refractivity contribution in [2.45, 2.75) is 11.5 Å². The van der Waals surface area contributed by atoms with Gasteiger partial charge in [-0.05, 0) is 29.8 Å². The summed E-state index contributed by atoms with van der Waals surface area (Å²) in [5.41, 5.74) is -0.159. The lowest BCUT2D eigenvalue weighted by molar-refractivity contribution is 0.281. The van der Waals surface area contributed by atoms with Crippen molar-refractivity contribution >= 4 is 27.3 Å². The molecule has 0 amide bonds. The second-order valence-electron chi connectivity index (χ2n) is 4.13. The van der Waals surface area contributed by atoms with Gasteiger partial charge in [-0.3, -0.25) is 4.72 Å². The van der Waals surface area contributed by atoms with Crippen LogP contribution in [0.1, 0.15) is 5.56 Å². The van der Waals surface area contributed by atoms with Gasteiger partial charge < -0.3 is 5.11 Å². The van der Waals surface area contributed by atoms with Crippen molar-refractivity contribution in [2.75, 3.05) is 4.72 Å².